The standard InChI is InChI=1S/C24H26N4O5/c1-3-32-23(29)16-10-12-18(13-11-16)25-24(30)28-14-5-4-9-20(28)22-26-21(27-33-22)17-7-6-8-19(15-17)31-2/h6-8,10-13,15,20H,3-5,9,14H2,1-2H3,(H,25,30). The number of aromatic nitrogens is 2. The van der Waals surface area contributed by atoms with E-state index < -0.39 is 5.97 Å². The fraction of sp³-hybridized carbons (Fsp3) is 0.333. The van der Waals surface area contributed by atoms with Crippen LogP contribution in [0.2, 0.25) is 0 Å². The highest BCUT2D eigenvalue weighted by molar-refractivity contribution is 5.92. The van der Waals surface area contributed by atoms with E-state index in [9.17, 15) is 9.59 Å². The SMILES string of the molecule is CCOC(=O)c1ccc(NC(=O)N2CCCCC2c2nc(-c3cccc(OC)c3)no2)cc1. The van der Waals surface area contributed by atoms with Crippen molar-refractivity contribution in [2.45, 2.75) is 32.2 Å². The van der Waals surface area contributed by atoms with E-state index in [0.717, 1.165) is 24.8 Å². The highest BCUT2D eigenvalue weighted by Gasteiger charge is 2.32. The Kier molecular flexibility index (Phi) is 6.87. The molecular weight excluding hydrogens is 424 g/mol. The molecule has 1 aliphatic rings. The van der Waals surface area contributed by atoms with Gasteiger partial charge in [0.2, 0.25) is 11.7 Å². The molecule has 1 fully saturated rings. The third kappa shape index (κ3) is 5.14. The molecular formula is C24H26N4O5. The van der Waals surface area contributed by atoms with Crippen LogP contribution in [0.3, 0.4) is 0 Å². The fourth-order valence-corrected chi connectivity index (χ4v) is 3.78. The summed E-state index contributed by atoms with van der Waals surface area (Å²) in [5.74, 6) is 1.16. The van der Waals surface area contributed by atoms with Gasteiger partial charge in [0, 0.05) is 17.8 Å². The van der Waals surface area contributed by atoms with E-state index in [1.165, 1.54) is 0 Å². The monoisotopic (exact) mass is 450 g/mol. The fourth-order valence-electron chi connectivity index (χ4n) is 3.78. The number of ether oxygens (including phenoxy) is 2. The van der Waals surface area contributed by atoms with Crippen molar-refractivity contribution in [2.24, 2.45) is 0 Å². The first-order chi connectivity index (χ1) is 16.1. The molecule has 0 spiro atoms. The maximum atomic E-state index is 13.0. The van der Waals surface area contributed by atoms with Gasteiger partial charge in [-0.3, -0.25) is 0 Å². The molecule has 0 saturated carbocycles. The summed E-state index contributed by atoms with van der Waals surface area (Å²) in [6.45, 7) is 2.64. The van der Waals surface area contributed by atoms with Crippen LogP contribution in [0.5, 0.6) is 5.75 Å². The normalized spacial score (nSPS) is 15.7. The number of amides is 2. The zero-order valence-corrected chi connectivity index (χ0v) is 18.6. The van der Waals surface area contributed by atoms with Crippen LogP contribution in [-0.4, -0.2) is 47.3 Å². The van der Waals surface area contributed by atoms with Crippen LogP contribution in [0.25, 0.3) is 11.4 Å². The van der Waals surface area contributed by atoms with Gasteiger partial charge in [-0.05, 0) is 62.6 Å². The van der Waals surface area contributed by atoms with Crippen molar-refractivity contribution in [1.29, 1.82) is 0 Å². The maximum absolute atomic E-state index is 13.0. The number of piperidine rings is 1. The Bertz CT molecular complexity index is 1110. The Labute approximate surface area is 191 Å². The van der Waals surface area contributed by atoms with Crippen molar-refractivity contribution in [3.63, 3.8) is 0 Å². The van der Waals surface area contributed by atoms with E-state index in [1.807, 2.05) is 24.3 Å². The molecule has 9 nitrogen and oxygen atoms in total. The highest BCUT2D eigenvalue weighted by atomic mass is 16.5. The first kappa shape index (κ1) is 22.3. The molecule has 0 bridgehead atoms. The van der Waals surface area contributed by atoms with Gasteiger partial charge in [0.05, 0.1) is 19.3 Å². The first-order valence-corrected chi connectivity index (χ1v) is 10.9. The second-order valence-corrected chi connectivity index (χ2v) is 7.62. The third-order valence-electron chi connectivity index (χ3n) is 5.47. The van der Waals surface area contributed by atoms with Crippen LogP contribution in [-0.2, 0) is 4.74 Å². The number of carbonyl (C=O) groups is 2. The van der Waals surface area contributed by atoms with Crippen molar-refractivity contribution >= 4 is 17.7 Å². The van der Waals surface area contributed by atoms with Gasteiger partial charge >= 0.3 is 12.0 Å². The molecule has 2 amide bonds. The van der Waals surface area contributed by atoms with Gasteiger partial charge in [-0.15, -0.1) is 0 Å². The van der Waals surface area contributed by atoms with Gasteiger partial charge < -0.3 is 24.2 Å². The van der Waals surface area contributed by atoms with Gasteiger partial charge in [0.1, 0.15) is 11.8 Å². The quantitative estimate of drug-likeness (QED) is 0.543. The van der Waals surface area contributed by atoms with Crippen LogP contribution < -0.4 is 10.1 Å². The summed E-state index contributed by atoms with van der Waals surface area (Å²) in [7, 11) is 1.60. The first-order valence-electron chi connectivity index (χ1n) is 10.9. The van der Waals surface area contributed by atoms with Gasteiger partial charge in [-0.2, -0.15) is 4.98 Å². The molecule has 0 aliphatic carbocycles. The Morgan fingerprint density at radius 1 is 1.18 bits per heavy atom. The summed E-state index contributed by atoms with van der Waals surface area (Å²) in [5, 5.41) is 7.00. The van der Waals surface area contributed by atoms with Crippen LogP contribution >= 0.6 is 0 Å². The topological polar surface area (TPSA) is 107 Å². The van der Waals surface area contributed by atoms with Crippen LogP contribution in [0, 0.1) is 0 Å². The smallest absolute Gasteiger partial charge is 0.338 e. The second-order valence-electron chi connectivity index (χ2n) is 7.62. The number of hydrogen-bond donors (Lipinski definition) is 1. The largest absolute Gasteiger partial charge is 0.497 e. The minimum absolute atomic E-state index is 0.260. The van der Waals surface area contributed by atoms with Crippen molar-refractivity contribution in [2.75, 3.05) is 25.6 Å². The number of urea groups is 1. The van der Waals surface area contributed by atoms with Crippen LogP contribution in [0.4, 0.5) is 10.5 Å². The molecule has 1 N–H and O–H groups in total. The molecule has 172 valence electrons. The summed E-state index contributed by atoms with van der Waals surface area (Å²) in [6.07, 6.45) is 2.58. The number of nitrogens with one attached hydrogen (secondary N) is 1. The number of esters is 1. The number of carbonyl (C=O) groups excluding carboxylic acids is 2. The molecule has 2 heterocycles. The summed E-state index contributed by atoms with van der Waals surface area (Å²) in [4.78, 5) is 31.1. The van der Waals surface area contributed by atoms with Gasteiger partial charge in [0.25, 0.3) is 0 Å². The average Bonchev–Trinajstić information content (AvgIpc) is 3.35. The summed E-state index contributed by atoms with van der Waals surface area (Å²) in [6, 6.07) is 13.4. The van der Waals surface area contributed by atoms with Gasteiger partial charge in [-0.1, -0.05) is 17.3 Å². The lowest BCUT2D eigenvalue weighted by molar-refractivity contribution is 0.0526. The number of likely N-dealkylation sites (tertiary alicyclic amines) is 1. The van der Waals surface area contributed by atoms with E-state index in [2.05, 4.69) is 15.5 Å². The van der Waals surface area contributed by atoms with Crippen molar-refractivity contribution in [3.05, 3.63) is 60.0 Å². The molecule has 33 heavy (non-hydrogen) atoms. The summed E-state index contributed by atoms with van der Waals surface area (Å²) >= 11 is 0. The maximum Gasteiger partial charge on any atom is 0.338 e. The predicted molar refractivity (Wildman–Crippen MR) is 121 cm³/mol. The van der Waals surface area contributed by atoms with E-state index in [0.29, 0.717) is 41.9 Å². The summed E-state index contributed by atoms with van der Waals surface area (Å²) in [5.41, 5.74) is 1.79. The van der Waals surface area contributed by atoms with E-state index in [1.54, 1.807) is 43.2 Å². The molecule has 1 atom stereocenters. The second kappa shape index (κ2) is 10.2. The van der Waals surface area contributed by atoms with Gasteiger partial charge in [0.15, 0.2) is 0 Å². The average molecular weight is 450 g/mol. The number of rotatable bonds is 6. The Hall–Kier alpha value is -3.88. The number of hydrogen-bond acceptors (Lipinski definition) is 7. The minimum atomic E-state index is -0.394. The minimum Gasteiger partial charge on any atom is -0.497 e. The molecule has 9 heteroatoms. The van der Waals surface area contributed by atoms with Crippen molar-refractivity contribution in [1.82, 2.24) is 15.0 Å². The Balaban J connectivity index is 1.48. The molecule has 1 aromatic heterocycles. The molecule has 0 radical (unpaired) electrons. The lowest BCUT2D eigenvalue weighted by Crippen LogP contribution is -2.41. The Morgan fingerprint density at radius 2 is 2.00 bits per heavy atom. The summed E-state index contributed by atoms with van der Waals surface area (Å²) < 4.78 is 15.8. The molecule has 4 rings (SSSR count). The zero-order valence-electron chi connectivity index (χ0n) is 18.6. The predicted octanol–water partition coefficient (Wildman–Crippen LogP) is 4.68. The van der Waals surface area contributed by atoms with Crippen LogP contribution in [0.1, 0.15) is 48.5 Å². The lowest BCUT2D eigenvalue weighted by Gasteiger charge is -2.33. The number of nitrogens with zero attached hydrogens (tertiary/aromatic N) is 3. The lowest BCUT2D eigenvalue weighted by atomic mass is 10.0. The van der Waals surface area contributed by atoms with Crippen molar-refractivity contribution < 1.29 is 23.6 Å². The van der Waals surface area contributed by atoms with E-state index >= 15 is 0 Å². The van der Waals surface area contributed by atoms with Crippen LogP contribution in [0.15, 0.2) is 53.1 Å². The van der Waals surface area contributed by atoms with Crippen molar-refractivity contribution in [3.8, 4) is 17.1 Å². The van der Waals surface area contributed by atoms with E-state index in [-0.39, 0.29) is 12.1 Å². The molecule has 1 saturated heterocycles. The number of benzene rings is 2. The molecule has 3 aromatic rings. The number of anilines is 1. The molecule has 1 unspecified atom stereocenters. The molecule has 2 aromatic carbocycles. The van der Waals surface area contributed by atoms with E-state index in [4.69, 9.17) is 14.0 Å². The number of methoxy groups -OCH3 is 1. The third-order valence-corrected chi connectivity index (χ3v) is 5.47. The highest BCUT2D eigenvalue weighted by Crippen LogP contribution is 2.32. The zero-order chi connectivity index (χ0) is 23.2. The molecule has 1 aliphatic heterocycles. The Morgan fingerprint density at radius 3 is 2.76 bits per heavy atom. The van der Waals surface area contributed by atoms with Gasteiger partial charge in [-0.25, -0.2) is 9.59 Å².